The van der Waals surface area contributed by atoms with Crippen LogP contribution in [0.1, 0.15) is 33.1 Å². The molecule has 0 aromatic carbocycles. The van der Waals surface area contributed by atoms with Crippen LogP contribution < -0.4 is 5.32 Å². The molecule has 0 amide bonds. The molecule has 0 aliphatic carbocycles. The third-order valence-electron chi connectivity index (χ3n) is 2.96. The van der Waals surface area contributed by atoms with Gasteiger partial charge in [-0.15, -0.1) is 0 Å². The lowest BCUT2D eigenvalue weighted by Gasteiger charge is -2.31. The van der Waals surface area contributed by atoms with Crippen LogP contribution in [0.2, 0.25) is 0 Å². The largest absolute Gasteiger partial charge is 0.375 e. The lowest BCUT2D eigenvalue weighted by molar-refractivity contribution is 0.0471. The van der Waals surface area contributed by atoms with Crippen LogP contribution in [0.4, 0.5) is 0 Å². The molecule has 0 radical (unpaired) electrons. The Morgan fingerprint density at radius 1 is 1.56 bits per heavy atom. The van der Waals surface area contributed by atoms with Gasteiger partial charge in [0.25, 0.3) is 0 Å². The van der Waals surface area contributed by atoms with Crippen LogP contribution in [0.5, 0.6) is 0 Å². The van der Waals surface area contributed by atoms with Gasteiger partial charge >= 0.3 is 0 Å². The Labute approximate surface area is 104 Å². The van der Waals surface area contributed by atoms with Crippen molar-refractivity contribution < 1.29 is 4.74 Å². The van der Waals surface area contributed by atoms with Crippen LogP contribution in [-0.2, 0) is 4.74 Å². The highest BCUT2D eigenvalue weighted by Gasteiger charge is 2.24. The number of ether oxygens (including phenoxy) is 1. The maximum absolute atomic E-state index is 5.86. The Morgan fingerprint density at radius 2 is 2.38 bits per heavy atom. The molecule has 3 heteroatoms. The third kappa shape index (κ3) is 4.89. The average molecular weight is 243 g/mol. The van der Waals surface area contributed by atoms with Crippen molar-refractivity contribution in [3.63, 3.8) is 0 Å². The highest BCUT2D eigenvalue weighted by atomic mass is 32.2. The van der Waals surface area contributed by atoms with E-state index < -0.39 is 0 Å². The van der Waals surface area contributed by atoms with Gasteiger partial charge in [0, 0.05) is 17.5 Å². The number of thioether (sulfide) groups is 1. The second-order valence-corrected chi connectivity index (χ2v) is 5.50. The maximum Gasteiger partial charge on any atom is 0.0821 e. The lowest BCUT2D eigenvalue weighted by Crippen LogP contribution is -2.45. The highest BCUT2D eigenvalue weighted by molar-refractivity contribution is 7.99. The summed E-state index contributed by atoms with van der Waals surface area (Å²) in [5.41, 5.74) is 1.33. The molecule has 0 spiro atoms. The molecule has 1 rings (SSSR count). The predicted molar refractivity (Wildman–Crippen MR) is 73.2 cm³/mol. The first kappa shape index (κ1) is 14.1. The van der Waals surface area contributed by atoms with Crippen LogP contribution >= 0.6 is 11.8 Å². The van der Waals surface area contributed by atoms with Gasteiger partial charge in [0.2, 0.25) is 0 Å². The molecule has 0 saturated carbocycles. The SMILES string of the molecule is C=C(CC)CC(NCCC)C1CSCCO1. The van der Waals surface area contributed by atoms with E-state index >= 15 is 0 Å². The summed E-state index contributed by atoms with van der Waals surface area (Å²) in [5.74, 6) is 2.27. The van der Waals surface area contributed by atoms with Gasteiger partial charge in [-0.3, -0.25) is 0 Å². The van der Waals surface area contributed by atoms with Crippen molar-refractivity contribution in [2.75, 3.05) is 24.7 Å². The smallest absolute Gasteiger partial charge is 0.0821 e. The topological polar surface area (TPSA) is 21.3 Å². The summed E-state index contributed by atoms with van der Waals surface area (Å²) >= 11 is 2.00. The second-order valence-electron chi connectivity index (χ2n) is 4.35. The van der Waals surface area contributed by atoms with Gasteiger partial charge in [-0.2, -0.15) is 11.8 Å². The maximum atomic E-state index is 5.86. The Balaban J connectivity index is 2.43. The molecule has 1 aliphatic rings. The van der Waals surface area contributed by atoms with Crippen molar-refractivity contribution in [1.29, 1.82) is 0 Å². The molecule has 16 heavy (non-hydrogen) atoms. The van der Waals surface area contributed by atoms with E-state index in [0.29, 0.717) is 12.1 Å². The van der Waals surface area contributed by atoms with Crippen molar-refractivity contribution in [2.24, 2.45) is 0 Å². The Morgan fingerprint density at radius 3 is 2.94 bits per heavy atom. The van der Waals surface area contributed by atoms with Crippen LogP contribution in [0, 0.1) is 0 Å². The van der Waals surface area contributed by atoms with E-state index in [2.05, 4.69) is 25.7 Å². The molecular weight excluding hydrogens is 218 g/mol. The molecular formula is C13H25NOS. The van der Waals surface area contributed by atoms with Crippen LogP contribution in [0.25, 0.3) is 0 Å². The van der Waals surface area contributed by atoms with Crippen molar-refractivity contribution in [1.82, 2.24) is 5.32 Å². The molecule has 1 N–H and O–H groups in total. The van der Waals surface area contributed by atoms with Crippen LogP contribution in [-0.4, -0.2) is 36.8 Å². The number of rotatable bonds is 7. The molecule has 0 bridgehead atoms. The fourth-order valence-corrected chi connectivity index (χ4v) is 2.80. The summed E-state index contributed by atoms with van der Waals surface area (Å²) in [6.45, 7) is 10.5. The summed E-state index contributed by atoms with van der Waals surface area (Å²) in [5, 5.41) is 3.61. The van der Waals surface area contributed by atoms with E-state index in [1.54, 1.807) is 0 Å². The fourth-order valence-electron chi connectivity index (χ4n) is 1.86. The quantitative estimate of drug-likeness (QED) is 0.695. The van der Waals surface area contributed by atoms with Crippen molar-refractivity contribution in [3.05, 3.63) is 12.2 Å². The molecule has 2 atom stereocenters. The number of hydrogen-bond donors (Lipinski definition) is 1. The average Bonchev–Trinajstić information content (AvgIpc) is 2.35. The first-order valence-electron chi connectivity index (χ1n) is 6.37. The third-order valence-corrected chi connectivity index (χ3v) is 3.98. The van der Waals surface area contributed by atoms with Crippen molar-refractivity contribution in [3.8, 4) is 0 Å². The molecule has 1 aliphatic heterocycles. The van der Waals surface area contributed by atoms with Gasteiger partial charge in [0.05, 0.1) is 12.7 Å². The first-order valence-corrected chi connectivity index (χ1v) is 7.52. The number of nitrogens with one attached hydrogen (secondary N) is 1. The minimum atomic E-state index is 0.369. The zero-order valence-corrected chi connectivity index (χ0v) is 11.4. The molecule has 1 heterocycles. The number of hydrogen-bond acceptors (Lipinski definition) is 3. The predicted octanol–water partition coefficient (Wildman–Crippen LogP) is 2.84. The fraction of sp³-hybridized carbons (Fsp3) is 0.846. The van der Waals surface area contributed by atoms with Gasteiger partial charge in [-0.25, -0.2) is 0 Å². The van der Waals surface area contributed by atoms with Gasteiger partial charge < -0.3 is 10.1 Å². The molecule has 2 unspecified atom stereocenters. The van der Waals surface area contributed by atoms with Gasteiger partial charge in [0.1, 0.15) is 0 Å². The van der Waals surface area contributed by atoms with E-state index in [4.69, 9.17) is 4.74 Å². The standard InChI is InChI=1S/C13H25NOS/c1-4-6-14-12(9-11(3)5-2)13-10-16-8-7-15-13/h12-14H,3-10H2,1-2H3. The lowest BCUT2D eigenvalue weighted by atomic mass is 10.0. The monoisotopic (exact) mass is 243 g/mol. The normalized spacial score (nSPS) is 23.0. The Bertz CT molecular complexity index is 202. The molecule has 0 aromatic rings. The zero-order valence-electron chi connectivity index (χ0n) is 10.6. The summed E-state index contributed by atoms with van der Waals surface area (Å²) in [7, 11) is 0. The molecule has 2 nitrogen and oxygen atoms in total. The van der Waals surface area contributed by atoms with Crippen molar-refractivity contribution >= 4 is 11.8 Å². The highest BCUT2D eigenvalue weighted by Crippen LogP contribution is 2.20. The van der Waals surface area contributed by atoms with Crippen LogP contribution in [0.3, 0.4) is 0 Å². The van der Waals surface area contributed by atoms with Crippen LogP contribution in [0.15, 0.2) is 12.2 Å². The van der Waals surface area contributed by atoms with Crippen molar-refractivity contribution in [2.45, 2.75) is 45.3 Å². The van der Waals surface area contributed by atoms with E-state index in [1.165, 1.54) is 12.0 Å². The van der Waals surface area contributed by atoms with E-state index in [9.17, 15) is 0 Å². The minimum Gasteiger partial charge on any atom is -0.375 e. The first-order chi connectivity index (χ1) is 7.77. The van der Waals surface area contributed by atoms with E-state index in [0.717, 1.165) is 37.5 Å². The summed E-state index contributed by atoms with van der Waals surface area (Å²) in [4.78, 5) is 0. The summed E-state index contributed by atoms with van der Waals surface area (Å²) in [6.07, 6.45) is 3.68. The Kier molecular flexibility index (Phi) is 7.17. The Hall–Kier alpha value is 0.01000. The van der Waals surface area contributed by atoms with Gasteiger partial charge in [0.15, 0.2) is 0 Å². The van der Waals surface area contributed by atoms with Gasteiger partial charge in [-0.1, -0.05) is 26.0 Å². The molecule has 1 saturated heterocycles. The summed E-state index contributed by atoms with van der Waals surface area (Å²) in [6, 6.07) is 0.459. The van der Waals surface area contributed by atoms with E-state index in [-0.39, 0.29) is 0 Å². The zero-order chi connectivity index (χ0) is 11.8. The van der Waals surface area contributed by atoms with E-state index in [1.807, 2.05) is 11.8 Å². The minimum absolute atomic E-state index is 0.369. The molecule has 0 aromatic heterocycles. The summed E-state index contributed by atoms with van der Waals surface area (Å²) < 4.78 is 5.86. The van der Waals surface area contributed by atoms with Gasteiger partial charge in [-0.05, 0) is 25.8 Å². The molecule has 94 valence electrons. The second kappa shape index (κ2) is 8.15. The molecule has 1 fully saturated rings.